The molecule has 0 fully saturated rings. The van der Waals surface area contributed by atoms with Crippen molar-refractivity contribution >= 4 is 5.69 Å². The van der Waals surface area contributed by atoms with Crippen molar-refractivity contribution in [3.8, 4) is 73.3 Å². The van der Waals surface area contributed by atoms with E-state index in [1.807, 2.05) is 54.6 Å². The molecular weight excluding hydrogens is 781 g/mol. The number of fused-ring (bicyclic) bond motifs is 4. The van der Waals surface area contributed by atoms with E-state index in [4.69, 9.17) is 19.7 Å². The molecule has 1 aliphatic heterocycles. The minimum atomic E-state index is -0.550. The number of anilines is 1. The Morgan fingerprint density at radius 2 is 0.828 bits per heavy atom. The van der Waals surface area contributed by atoms with Crippen LogP contribution in [0, 0.1) is 0 Å². The molecule has 1 aromatic heterocycles. The van der Waals surface area contributed by atoms with Crippen LogP contribution in [0.25, 0.3) is 67.5 Å². The standard InChI is InChI=1S/C59H40N4O/c1-5-15-39(16-6-1)40-25-29-43(30-26-40)56-61-55(42-17-7-2-8-18-42)62-57(63-56)44-31-27-41(28-32-44)46-33-35-52-50(37-46)49-23-13-14-24-51(49)59(52,47-21-11-4-12-22-47)48-34-36-54-53(38-48)60-58(64-54)45-19-9-3-10-20-45/h1-38,58,60H. The fourth-order valence-corrected chi connectivity index (χ4v) is 9.60. The quantitative estimate of drug-likeness (QED) is 0.165. The zero-order valence-corrected chi connectivity index (χ0v) is 34.8. The average molecular weight is 821 g/mol. The maximum atomic E-state index is 6.44. The average Bonchev–Trinajstić information content (AvgIpc) is 3.95. The number of nitrogens with zero attached hydrogens (tertiary/aromatic N) is 3. The van der Waals surface area contributed by atoms with Gasteiger partial charge in [0.15, 0.2) is 23.7 Å². The maximum absolute atomic E-state index is 6.44. The van der Waals surface area contributed by atoms with Crippen LogP contribution in [0.1, 0.15) is 34.0 Å². The van der Waals surface area contributed by atoms with Gasteiger partial charge in [0, 0.05) is 22.3 Å². The fraction of sp³-hybridized carbons (Fsp3) is 0.0339. The molecule has 0 bridgehead atoms. The molecule has 5 nitrogen and oxygen atoms in total. The Kier molecular flexibility index (Phi) is 9.04. The number of rotatable bonds is 8. The molecule has 5 heteroatoms. The Hall–Kier alpha value is -8.41. The van der Waals surface area contributed by atoms with Crippen molar-refractivity contribution in [1.29, 1.82) is 0 Å². The Bertz CT molecular complexity index is 3300. The number of aromatic nitrogens is 3. The van der Waals surface area contributed by atoms with Gasteiger partial charge in [-0.15, -0.1) is 0 Å². The van der Waals surface area contributed by atoms with E-state index in [-0.39, 0.29) is 6.23 Å². The Labute approximate surface area is 372 Å². The van der Waals surface area contributed by atoms with Crippen LogP contribution in [0.15, 0.2) is 231 Å². The van der Waals surface area contributed by atoms with Crippen molar-refractivity contribution < 1.29 is 4.74 Å². The highest BCUT2D eigenvalue weighted by molar-refractivity contribution is 5.89. The molecule has 0 radical (unpaired) electrons. The summed E-state index contributed by atoms with van der Waals surface area (Å²) in [5, 5.41) is 3.67. The second-order valence-corrected chi connectivity index (χ2v) is 16.4. The van der Waals surface area contributed by atoms with E-state index in [0.717, 1.165) is 50.4 Å². The molecule has 64 heavy (non-hydrogen) atoms. The summed E-state index contributed by atoms with van der Waals surface area (Å²) in [6.45, 7) is 0. The fourth-order valence-electron chi connectivity index (χ4n) is 9.60. The van der Waals surface area contributed by atoms with Crippen LogP contribution < -0.4 is 10.1 Å². The first-order valence-electron chi connectivity index (χ1n) is 21.7. The molecule has 0 saturated heterocycles. The van der Waals surface area contributed by atoms with Crippen molar-refractivity contribution in [3.05, 3.63) is 258 Å². The van der Waals surface area contributed by atoms with Gasteiger partial charge in [-0.1, -0.05) is 212 Å². The van der Waals surface area contributed by atoms with Crippen LogP contribution >= 0.6 is 0 Å². The van der Waals surface area contributed by atoms with E-state index in [9.17, 15) is 0 Å². The van der Waals surface area contributed by atoms with Gasteiger partial charge in [0.2, 0.25) is 0 Å². The molecule has 0 spiro atoms. The Balaban J connectivity index is 0.923. The van der Waals surface area contributed by atoms with E-state index in [1.165, 1.54) is 38.9 Å². The zero-order valence-electron chi connectivity index (χ0n) is 34.8. The lowest BCUT2D eigenvalue weighted by Gasteiger charge is -2.34. The lowest BCUT2D eigenvalue weighted by Crippen LogP contribution is -2.28. The summed E-state index contributed by atoms with van der Waals surface area (Å²) >= 11 is 0. The lowest BCUT2D eigenvalue weighted by atomic mass is 9.67. The third-order valence-corrected chi connectivity index (χ3v) is 12.7. The summed E-state index contributed by atoms with van der Waals surface area (Å²) in [5.74, 6) is 2.75. The summed E-state index contributed by atoms with van der Waals surface area (Å²) in [6.07, 6.45) is -0.244. The highest BCUT2D eigenvalue weighted by atomic mass is 16.5. The number of hydrogen-bond donors (Lipinski definition) is 1. The second kappa shape index (κ2) is 15.5. The molecule has 0 saturated carbocycles. The molecule has 2 unspecified atom stereocenters. The van der Waals surface area contributed by atoms with Gasteiger partial charge in [-0.25, -0.2) is 15.0 Å². The van der Waals surface area contributed by atoms with Crippen LogP contribution in [-0.2, 0) is 5.41 Å². The summed E-state index contributed by atoms with van der Waals surface area (Å²) in [4.78, 5) is 15.1. The number of benzene rings is 9. The first kappa shape index (κ1) is 37.4. The summed E-state index contributed by atoms with van der Waals surface area (Å²) in [5.41, 5.74) is 16.3. The SMILES string of the molecule is c1ccc(-c2ccc(-c3nc(-c4ccccc4)nc(-c4ccc(-c5ccc6c(c5)-c5ccccc5C6(c5ccccc5)c5ccc6c(c5)NC(c5ccccc5)O6)cc4)n3)cc2)cc1. The number of ether oxygens (including phenoxy) is 1. The molecule has 302 valence electrons. The topological polar surface area (TPSA) is 59.9 Å². The van der Waals surface area contributed by atoms with E-state index >= 15 is 0 Å². The molecule has 2 aliphatic rings. The largest absolute Gasteiger partial charge is 0.464 e. The highest BCUT2D eigenvalue weighted by Crippen LogP contribution is 2.57. The van der Waals surface area contributed by atoms with Crippen molar-refractivity contribution in [2.75, 3.05) is 5.32 Å². The van der Waals surface area contributed by atoms with Gasteiger partial charge < -0.3 is 10.1 Å². The molecule has 9 aromatic carbocycles. The molecule has 2 heterocycles. The smallest absolute Gasteiger partial charge is 0.196 e. The van der Waals surface area contributed by atoms with Gasteiger partial charge in [0.05, 0.1) is 11.1 Å². The van der Waals surface area contributed by atoms with Gasteiger partial charge in [0.25, 0.3) is 0 Å². The Morgan fingerprint density at radius 3 is 1.47 bits per heavy atom. The molecule has 0 amide bonds. The van der Waals surface area contributed by atoms with Crippen molar-refractivity contribution in [1.82, 2.24) is 15.0 Å². The van der Waals surface area contributed by atoms with E-state index in [2.05, 4.69) is 181 Å². The monoisotopic (exact) mass is 820 g/mol. The van der Waals surface area contributed by atoms with E-state index in [0.29, 0.717) is 17.5 Å². The number of nitrogens with one attached hydrogen (secondary N) is 1. The molecule has 12 rings (SSSR count). The predicted molar refractivity (Wildman–Crippen MR) is 258 cm³/mol. The van der Waals surface area contributed by atoms with Gasteiger partial charge in [-0.3, -0.25) is 0 Å². The van der Waals surface area contributed by atoms with Gasteiger partial charge in [-0.2, -0.15) is 0 Å². The minimum Gasteiger partial charge on any atom is -0.464 e. The first-order chi connectivity index (χ1) is 31.7. The van der Waals surface area contributed by atoms with E-state index < -0.39 is 5.41 Å². The highest BCUT2D eigenvalue weighted by Gasteiger charge is 2.46. The normalized spacial score (nSPS) is 15.7. The summed E-state index contributed by atoms with van der Waals surface area (Å²) < 4.78 is 6.44. The zero-order chi connectivity index (χ0) is 42.5. The van der Waals surface area contributed by atoms with Crippen LogP contribution in [0.4, 0.5) is 5.69 Å². The van der Waals surface area contributed by atoms with Gasteiger partial charge >= 0.3 is 0 Å². The molecule has 2 atom stereocenters. The predicted octanol–water partition coefficient (Wildman–Crippen LogP) is 14.1. The van der Waals surface area contributed by atoms with Crippen molar-refractivity contribution in [2.24, 2.45) is 0 Å². The van der Waals surface area contributed by atoms with Crippen molar-refractivity contribution in [2.45, 2.75) is 11.6 Å². The van der Waals surface area contributed by atoms with E-state index in [1.54, 1.807) is 0 Å². The third kappa shape index (κ3) is 6.37. The van der Waals surface area contributed by atoms with Crippen LogP contribution in [0.5, 0.6) is 5.75 Å². The summed E-state index contributed by atoms with van der Waals surface area (Å²) in [6, 6.07) is 81.3. The third-order valence-electron chi connectivity index (χ3n) is 12.7. The molecule has 1 N–H and O–H groups in total. The Morgan fingerprint density at radius 1 is 0.359 bits per heavy atom. The molecular formula is C59H40N4O. The van der Waals surface area contributed by atoms with Crippen LogP contribution in [-0.4, -0.2) is 15.0 Å². The van der Waals surface area contributed by atoms with Gasteiger partial charge in [-0.05, 0) is 73.8 Å². The molecule has 10 aromatic rings. The maximum Gasteiger partial charge on any atom is 0.196 e. The van der Waals surface area contributed by atoms with Gasteiger partial charge in [0.1, 0.15) is 5.75 Å². The van der Waals surface area contributed by atoms with Crippen LogP contribution in [0.2, 0.25) is 0 Å². The second-order valence-electron chi connectivity index (χ2n) is 16.4. The van der Waals surface area contributed by atoms with Crippen LogP contribution in [0.3, 0.4) is 0 Å². The minimum absolute atomic E-state index is 0.244. The lowest BCUT2D eigenvalue weighted by molar-refractivity contribution is 0.260. The first-order valence-corrected chi connectivity index (χ1v) is 21.7. The molecule has 1 aliphatic carbocycles. The van der Waals surface area contributed by atoms with Crippen molar-refractivity contribution in [3.63, 3.8) is 0 Å². The number of hydrogen-bond acceptors (Lipinski definition) is 5. The summed E-state index contributed by atoms with van der Waals surface area (Å²) in [7, 11) is 0.